The fraction of sp³-hybridized carbons (Fsp3) is 0.300. The van der Waals surface area contributed by atoms with Crippen molar-refractivity contribution in [2.75, 3.05) is 5.75 Å². The van der Waals surface area contributed by atoms with Crippen LogP contribution >= 0.6 is 35.0 Å². The van der Waals surface area contributed by atoms with Crippen molar-refractivity contribution < 1.29 is 4.79 Å². The van der Waals surface area contributed by atoms with Crippen LogP contribution in [-0.2, 0) is 4.79 Å². The van der Waals surface area contributed by atoms with E-state index in [2.05, 4.69) is 0 Å². The van der Waals surface area contributed by atoms with Gasteiger partial charge in [0.1, 0.15) is 5.78 Å². The number of carbonyl (C=O) groups is 1. The number of hydrogen-bond donors (Lipinski definition) is 0. The number of hydrogen-bond acceptors (Lipinski definition) is 2. The third-order valence-electron chi connectivity index (χ3n) is 1.60. The van der Waals surface area contributed by atoms with E-state index in [-0.39, 0.29) is 5.78 Å². The zero-order valence-electron chi connectivity index (χ0n) is 7.72. The number of halogens is 2. The van der Waals surface area contributed by atoms with E-state index in [1.165, 1.54) is 0 Å². The summed E-state index contributed by atoms with van der Waals surface area (Å²) in [7, 11) is 0. The second-order valence-electron chi connectivity index (χ2n) is 2.88. The molecule has 0 atom stereocenters. The van der Waals surface area contributed by atoms with Crippen molar-refractivity contribution in [3.8, 4) is 0 Å². The van der Waals surface area contributed by atoms with E-state index in [0.29, 0.717) is 16.5 Å². The lowest BCUT2D eigenvalue weighted by molar-refractivity contribution is -0.116. The van der Waals surface area contributed by atoms with Crippen LogP contribution < -0.4 is 0 Å². The molecule has 76 valence electrons. The summed E-state index contributed by atoms with van der Waals surface area (Å²) in [5.74, 6) is 0.936. The normalized spacial score (nSPS) is 10.2. The number of thioether (sulfide) groups is 1. The van der Waals surface area contributed by atoms with E-state index in [9.17, 15) is 4.79 Å². The van der Waals surface area contributed by atoms with Crippen molar-refractivity contribution in [1.29, 1.82) is 0 Å². The summed E-state index contributed by atoms with van der Waals surface area (Å²) in [4.78, 5) is 11.6. The van der Waals surface area contributed by atoms with Crippen molar-refractivity contribution in [2.24, 2.45) is 0 Å². The largest absolute Gasteiger partial charge is 0.300 e. The van der Waals surface area contributed by atoms with E-state index >= 15 is 0 Å². The fourth-order valence-corrected chi connectivity index (χ4v) is 2.44. The minimum atomic E-state index is 0.190. The molecule has 1 aromatic carbocycles. The molecule has 0 radical (unpaired) electrons. The van der Waals surface area contributed by atoms with Crippen molar-refractivity contribution in [2.45, 2.75) is 18.2 Å². The molecule has 4 heteroatoms. The zero-order chi connectivity index (χ0) is 10.6. The molecule has 0 spiro atoms. The van der Waals surface area contributed by atoms with Gasteiger partial charge in [-0.15, -0.1) is 11.8 Å². The van der Waals surface area contributed by atoms with Gasteiger partial charge in [0.2, 0.25) is 0 Å². The van der Waals surface area contributed by atoms with Gasteiger partial charge in [-0.1, -0.05) is 23.2 Å². The first-order valence-electron chi connectivity index (χ1n) is 4.17. The first-order chi connectivity index (χ1) is 6.59. The molecule has 0 aliphatic heterocycles. The Kier molecular flexibility index (Phi) is 4.79. The maximum absolute atomic E-state index is 10.7. The van der Waals surface area contributed by atoms with Crippen LogP contribution in [0, 0.1) is 0 Å². The Balaban J connectivity index is 2.57. The molecule has 0 N–H and O–H groups in total. The lowest BCUT2D eigenvalue weighted by atomic mass is 10.3. The molecule has 0 saturated heterocycles. The van der Waals surface area contributed by atoms with Gasteiger partial charge in [-0.05, 0) is 25.1 Å². The highest BCUT2D eigenvalue weighted by Gasteiger charge is 2.02. The molecule has 1 nitrogen and oxygen atoms in total. The first kappa shape index (κ1) is 11.9. The maximum atomic E-state index is 10.7. The standard InChI is InChI=1S/C10H10Cl2OS/c1-7(13)4-5-14-10-6-8(11)2-3-9(10)12/h2-3,6H,4-5H2,1H3. The van der Waals surface area contributed by atoms with Gasteiger partial charge in [0.15, 0.2) is 0 Å². The molecule has 0 fully saturated rings. The van der Waals surface area contributed by atoms with E-state index in [1.54, 1.807) is 30.8 Å². The first-order valence-corrected chi connectivity index (χ1v) is 5.91. The molecular formula is C10H10Cl2OS. The second kappa shape index (κ2) is 5.64. The highest BCUT2D eigenvalue weighted by molar-refractivity contribution is 7.99. The number of benzene rings is 1. The van der Waals surface area contributed by atoms with Crippen LogP contribution in [0.3, 0.4) is 0 Å². The van der Waals surface area contributed by atoms with Crippen molar-refractivity contribution in [1.82, 2.24) is 0 Å². The van der Waals surface area contributed by atoms with Gasteiger partial charge in [-0.3, -0.25) is 4.79 Å². The van der Waals surface area contributed by atoms with Gasteiger partial charge in [0.25, 0.3) is 0 Å². The molecule has 0 aliphatic carbocycles. The van der Waals surface area contributed by atoms with Crippen molar-refractivity contribution >= 4 is 40.7 Å². The number of rotatable bonds is 4. The summed E-state index contributed by atoms with van der Waals surface area (Å²) in [6, 6.07) is 5.33. The molecule has 0 unspecified atom stereocenters. The van der Waals surface area contributed by atoms with E-state index in [1.807, 2.05) is 6.07 Å². The molecular weight excluding hydrogens is 239 g/mol. The summed E-state index contributed by atoms with van der Waals surface area (Å²) in [5, 5.41) is 1.35. The lowest BCUT2D eigenvalue weighted by Crippen LogP contribution is -1.91. The Morgan fingerprint density at radius 3 is 2.79 bits per heavy atom. The van der Waals surface area contributed by atoms with Gasteiger partial charge in [-0.2, -0.15) is 0 Å². The Bertz CT molecular complexity index is 339. The maximum Gasteiger partial charge on any atom is 0.130 e. The second-order valence-corrected chi connectivity index (χ2v) is 4.86. The smallest absolute Gasteiger partial charge is 0.130 e. The van der Waals surface area contributed by atoms with Crippen LogP contribution in [0.2, 0.25) is 10.0 Å². The van der Waals surface area contributed by atoms with Crippen molar-refractivity contribution in [3.05, 3.63) is 28.2 Å². The van der Waals surface area contributed by atoms with Gasteiger partial charge >= 0.3 is 0 Å². The average molecular weight is 249 g/mol. The summed E-state index contributed by atoms with van der Waals surface area (Å²) in [6.45, 7) is 1.58. The highest BCUT2D eigenvalue weighted by Crippen LogP contribution is 2.30. The Morgan fingerprint density at radius 2 is 2.14 bits per heavy atom. The molecule has 1 rings (SSSR count). The third-order valence-corrected chi connectivity index (χ3v) is 3.34. The van der Waals surface area contributed by atoms with E-state index in [0.717, 1.165) is 10.6 Å². The SMILES string of the molecule is CC(=O)CCSc1cc(Cl)ccc1Cl. The number of carbonyl (C=O) groups excluding carboxylic acids is 1. The van der Waals surface area contributed by atoms with Crippen LogP contribution in [0.25, 0.3) is 0 Å². The highest BCUT2D eigenvalue weighted by atomic mass is 35.5. The number of Topliss-reactive ketones (excluding diaryl/α,β-unsaturated/α-hetero) is 1. The number of ketones is 1. The minimum absolute atomic E-state index is 0.190. The predicted molar refractivity (Wildman–Crippen MR) is 62.5 cm³/mol. The van der Waals surface area contributed by atoms with Gasteiger partial charge in [0.05, 0.1) is 5.02 Å². The third kappa shape index (κ3) is 3.91. The summed E-state index contributed by atoms with van der Waals surface area (Å²) >= 11 is 13.3. The topological polar surface area (TPSA) is 17.1 Å². The van der Waals surface area contributed by atoms with Crippen LogP contribution in [0.1, 0.15) is 13.3 Å². The van der Waals surface area contributed by atoms with Gasteiger partial charge < -0.3 is 0 Å². The van der Waals surface area contributed by atoms with Gasteiger partial charge in [-0.25, -0.2) is 0 Å². The van der Waals surface area contributed by atoms with Crippen LogP contribution in [0.4, 0.5) is 0 Å². The van der Waals surface area contributed by atoms with Crippen LogP contribution in [0.15, 0.2) is 23.1 Å². The lowest BCUT2D eigenvalue weighted by Gasteiger charge is -2.03. The zero-order valence-corrected chi connectivity index (χ0v) is 10.0. The molecule has 0 saturated carbocycles. The summed E-state index contributed by atoms with van der Waals surface area (Å²) < 4.78 is 0. The van der Waals surface area contributed by atoms with Crippen LogP contribution in [0.5, 0.6) is 0 Å². The molecule has 0 aromatic heterocycles. The predicted octanol–water partition coefficient (Wildman–Crippen LogP) is 4.06. The fourth-order valence-electron chi connectivity index (χ4n) is 0.893. The summed E-state index contributed by atoms with van der Waals surface area (Å²) in [5.41, 5.74) is 0. The molecule has 0 bridgehead atoms. The van der Waals surface area contributed by atoms with Crippen LogP contribution in [-0.4, -0.2) is 11.5 Å². The molecule has 0 aliphatic rings. The minimum Gasteiger partial charge on any atom is -0.300 e. The molecule has 0 heterocycles. The molecule has 0 amide bonds. The average Bonchev–Trinajstić information content (AvgIpc) is 2.10. The Morgan fingerprint density at radius 1 is 1.43 bits per heavy atom. The Labute approximate surface area is 97.8 Å². The quantitative estimate of drug-likeness (QED) is 0.748. The van der Waals surface area contributed by atoms with Gasteiger partial charge in [0, 0.05) is 22.1 Å². The van der Waals surface area contributed by atoms with Crippen molar-refractivity contribution in [3.63, 3.8) is 0 Å². The monoisotopic (exact) mass is 248 g/mol. The van der Waals surface area contributed by atoms with E-state index < -0.39 is 0 Å². The molecule has 14 heavy (non-hydrogen) atoms. The van der Waals surface area contributed by atoms with E-state index in [4.69, 9.17) is 23.2 Å². The molecule has 1 aromatic rings. The summed E-state index contributed by atoms with van der Waals surface area (Å²) in [6.07, 6.45) is 0.563. The Hall–Kier alpha value is -0.180.